The highest BCUT2D eigenvalue weighted by atomic mass is 32.2. The molecular formula is C21H24N2O4S. The van der Waals surface area contributed by atoms with Crippen molar-refractivity contribution in [3.05, 3.63) is 53.1 Å². The van der Waals surface area contributed by atoms with Gasteiger partial charge in [-0.2, -0.15) is 0 Å². The maximum absolute atomic E-state index is 13.4. The fourth-order valence-corrected chi connectivity index (χ4v) is 6.76. The van der Waals surface area contributed by atoms with E-state index in [9.17, 15) is 13.2 Å². The summed E-state index contributed by atoms with van der Waals surface area (Å²) in [5, 5.41) is 2.84. The number of hydrogen-bond donors (Lipinski definition) is 1. The maximum Gasteiger partial charge on any atom is 0.250 e. The van der Waals surface area contributed by atoms with E-state index < -0.39 is 20.7 Å². The van der Waals surface area contributed by atoms with Gasteiger partial charge < -0.3 is 10.1 Å². The standard InChI is InChI=1S/C21H24N2O4S/c1-13-6-5-7-14(2)19(13)23-12-16-11-21(16,28(23,25)26)20(24)22-18-9-8-17(27-4)10-15(18)3/h5-10,16H,11-12H2,1-4H3,(H,22,24)/t16-,21+/m0/s1. The number of para-hydroxylation sites is 1. The van der Waals surface area contributed by atoms with E-state index in [2.05, 4.69) is 5.32 Å². The lowest BCUT2D eigenvalue weighted by atomic mass is 10.1. The Hall–Kier alpha value is -2.54. The number of nitrogens with zero attached hydrogens (tertiary/aromatic N) is 1. The number of benzene rings is 2. The van der Waals surface area contributed by atoms with Crippen LogP contribution in [-0.2, 0) is 14.8 Å². The van der Waals surface area contributed by atoms with Crippen LogP contribution in [0.5, 0.6) is 5.75 Å². The van der Waals surface area contributed by atoms with Crippen molar-refractivity contribution in [2.45, 2.75) is 31.9 Å². The number of nitrogens with one attached hydrogen (secondary N) is 1. The number of fused-ring (bicyclic) bond motifs is 1. The number of hydrogen-bond acceptors (Lipinski definition) is 4. The van der Waals surface area contributed by atoms with Crippen LogP contribution >= 0.6 is 0 Å². The summed E-state index contributed by atoms with van der Waals surface area (Å²) < 4.78 is 32.1. The molecule has 0 unspecified atom stereocenters. The lowest BCUT2D eigenvalue weighted by molar-refractivity contribution is -0.116. The Morgan fingerprint density at radius 3 is 2.43 bits per heavy atom. The zero-order chi connectivity index (χ0) is 20.3. The summed E-state index contributed by atoms with van der Waals surface area (Å²) >= 11 is 0. The first-order chi connectivity index (χ1) is 13.2. The number of ether oxygens (including phenoxy) is 1. The molecule has 0 bridgehead atoms. The molecule has 1 heterocycles. The molecule has 0 aromatic heterocycles. The number of carbonyl (C=O) groups is 1. The molecule has 7 heteroatoms. The normalized spacial score (nSPS) is 24.6. The Kier molecular flexibility index (Phi) is 4.19. The molecule has 1 amide bonds. The number of sulfonamides is 1. The molecular weight excluding hydrogens is 376 g/mol. The molecule has 2 atom stereocenters. The van der Waals surface area contributed by atoms with Crippen LogP contribution in [0.4, 0.5) is 11.4 Å². The lowest BCUT2D eigenvalue weighted by Crippen LogP contribution is -2.42. The van der Waals surface area contributed by atoms with Gasteiger partial charge in [-0.15, -0.1) is 0 Å². The molecule has 1 N–H and O–H groups in total. The molecule has 4 rings (SSSR count). The smallest absolute Gasteiger partial charge is 0.250 e. The molecule has 28 heavy (non-hydrogen) atoms. The van der Waals surface area contributed by atoms with Gasteiger partial charge >= 0.3 is 0 Å². The van der Waals surface area contributed by atoms with Crippen LogP contribution in [0.2, 0.25) is 0 Å². The quantitative estimate of drug-likeness (QED) is 0.855. The number of rotatable bonds is 4. The Morgan fingerprint density at radius 2 is 1.82 bits per heavy atom. The fourth-order valence-electron chi connectivity index (χ4n) is 4.27. The predicted octanol–water partition coefficient (Wildman–Crippen LogP) is 3.17. The maximum atomic E-state index is 13.4. The van der Waals surface area contributed by atoms with Crippen LogP contribution in [0.3, 0.4) is 0 Å². The van der Waals surface area contributed by atoms with E-state index in [-0.39, 0.29) is 5.92 Å². The van der Waals surface area contributed by atoms with Crippen molar-refractivity contribution in [3.63, 3.8) is 0 Å². The Morgan fingerprint density at radius 1 is 1.14 bits per heavy atom. The summed E-state index contributed by atoms with van der Waals surface area (Å²) in [7, 11) is -2.22. The van der Waals surface area contributed by atoms with Crippen LogP contribution in [0.1, 0.15) is 23.1 Å². The average molecular weight is 401 g/mol. The van der Waals surface area contributed by atoms with E-state index in [1.54, 1.807) is 19.2 Å². The van der Waals surface area contributed by atoms with E-state index in [0.717, 1.165) is 16.7 Å². The van der Waals surface area contributed by atoms with E-state index in [1.165, 1.54) is 4.31 Å². The summed E-state index contributed by atoms with van der Waals surface area (Å²) in [4.78, 5) is 13.1. The summed E-state index contributed by atoms with van der Waals surface area (Å²) in [6, 6.07) is 11.0. The average Bonchev–Trinajstić information content (AvgIpc) is 3.33. The molecule has 6 nitrogen and oxygen atoms in total. The molecule has 2 aromatic rings. The van der Waals surface area contributed by atoms with E-state index in [4.69, 9.17) is 4.74 Å². The fraction of sp³-hybridized carbons (Fsp3) is 0.381. The zero-order valence-corrected chi connectivity index (χ0v) is 17.3. The van der Waals surface area contributed by atoms with Crippen LogP contribution in [0, 0.1) is 26.7 Å². The topological polar surface area (TPSA) is 75.7 Å². The summed E-state index contributed by atoms with van der Waals surface area (Å²) in [5.41, 5.74) is 3.91. The first-order valence-corrected chi connectivity index (χ1v) is 10.7. The van der Waals surface area contributed by atoms with Gasteiger partial charge in [0.15, 0.2) is 4.75 Å². The molecule has 148 valence electrons. The van der Waals surface area contributed by atoms with Gasteiger partial charge in [0.2, 0.25) is 15.9 Å². The van der Waals surface area contributed by atoms with Gasteiger partial charge in [-0.1, -0.05) is 18.2 Å². The van der Waals surface area contributed by atoms with Crippen molar-refractivity contribution < 1.29 is 17.9 Å². The highest BCUT2D eigenvalue weighted by Crippen LogP contribution is 2.59. The van der Waals surface area contributed by atoms with Gasteiger partial charge in [0.1, 0.15) is 5.75 Å². The SMILES string of the molecule is COc1ccc(NC(=O)[C@@]23C[C@H]2CN(c2c(C)cccc2C)S3(=O)=O)c(C)c1. The van der Waals surface area contributed by atoms with Crippen molar-refractivity contribution in [1.29, 1.82) is 0 Å². The molecule has 2 fully saturated rings. The molecule has 1 saturated heterocycles. The zero-order valence-electron chi connectivity index (χ0n) is 16.4. The van der Waals surface area contributed by atoms with Crippen molar-refractivity contribution in [1.82, 2.24) is 0 Å². The minimum absolute atomic E-state index is 0.185. The third-order valence-corrected chi connectivity index (χ3v) is 8.46. The van der Waals surface area contributed by atoms with Gasteiger partial charge in [-0.25, -0.2) is 8.42 Å². The second kappa shape index (κ2) is 6.24. The number of amides is 1. The van der Waals surface area contributed by atoms with Crippen LogP contribution in [0.15, 0.2) is 36.4 Å². The number of carbonyl (C=O) groups excluding carboxylic acids is 1. The first kappa shape index (κ1) is 18.8. The largest absolute Gasteiger partial charge is 0.497 e. The second-order valence-corrected chi connectivity index (χ2v) is 9.82. The van der Waals surface area contributed by atoms with Crippen molar-refractivity contribution in [2.75, 3.05) is 23.3 Å². The molecule has 1 saturated carbocycles. The second-order valence-electron chi connectivity index (χ2n) is 7.70. The van der Waals surface area contributed by atoms with Crippen LogP contribution < -0.4 is 14.4 Å². The Balaban J connectivity index is 1.65. The summed E-state index contributed by atoms with van der Waals surface area (Å²) in [6.07, 6.45) is 0.373. The van der Waals surface area contributed by atoms with Gasteiger partial charge in [-0.3, -0.25) is 9.10 Å². The van der Waals surface area contributed by atoms with E-state index in [1.807, 2.05) is 45.0 Å². The number of methoxy groups -OCH3 is 1. The summed E-state index contributed by atoms with van der Waals surface area (Å²) in [5.74, 6) is 0.0576. The van der Waals surface area contributed by atoms with Gasteiger partial charge in [0.25, 0.3) is 0 Å². The molecule has 1 aliphatic carbocycles. The molecule has 0 spiro atoms. The molecule has 0 radical (unpaired) electrons. The molecule has 2 aliphatic rings. The van der Waals surface area contributed by atoms with Crippen molar-refractivity contribution >= 4 is 27.3 Å². The Labute approximate surface area is 165 Å². The Bertz CT molecular complexity index is 1060. The van der Waals surface area contributed by atoms with Crippen molar-refractivity contribution in [3.8, 4) is 5.75 Å². The third kappa shape index (κ3) is 2.53. The van der Waals surface area contributed by atoms with Gasteiger partial charge in [-0.05, 0) is 62.1 Å². The highest BCUT2D eigenvalue weighted by Gasteiger charge is 2.75. The third-order valence-electron chi connectivity index (χ3n) is 5.94. The number of aryl methyl sites for hydroxylation is 3. The van der Waals surface area contributed by atoms with E-state index in [0.29, 0.717) is 30.1 Å². The molecule has 1 aliphatic heterocycles. The van der Waals surface area contributed by atoms with Crippen LogP contribution in [-0.4, -0.2) is 32.7 Å². The van der Waals surface area contributed by atoms with Crippen molar-refractivity contribution in [2.24, 2.45) is 5.92 Å². The highest BCUT2D eigenvalue weighted by molar-refractivity contribution is 7.95. The predicted molar refractivity (Wildman–Crippen MR) is 109 cm³/mol. The minimum Gasteiger partial charge on any atom is -0.497 e. The monoisotopic (exact) mass is 400 g/mol. The first-order valence-electron chi connectivity index (χ1n) is 9.27. The minimum atomic E-state index is -3.80. The van der Waals surface area contributed by atoms with Crippen LogP contribution in [0.25, 0.3) is 0 Å². The van der Waals surface area contributed by atoms with Gasteiger partial charge in [0.05, 0.1) is 12.8 Å². The van der Waals surface area contributed by atoms with E-state index >= 15 is 0 Å². The summed E-state index contributed by atoms with van der Waals surface area (Å²) in [6.45, 7) is 6.00. The molecule has 2 aromatic carbocycles. The van der Waals surface area contributed by atoms with Gasteiger partial charge in [0, 0.05) is 18.2 Å². The number of anilines is 2. The lowest BCUT2D eigenvalue weighted by Gasteiger charge is -2.26.